The Morgan fingerprint density at radius 1 is 1.07 bits per heavy atom. The van der Waals surface area contributed by atoms with Crippen molar-refractivity contribution in [2.24, 2.45) is 5.92 Å². The fraction of sp³-hybridized carbons (Fsp3) is 0.594. The molecular formula is C32H43N9. The van der Waals surface area contributed by atoms with Crippen LogP contribution in [0.3, 0.4) is 0 Å². The van der Waals surface area contributed by atoms with Crippen LogP contribution in [0.4, 0.5) is 17.3 Å². The van der Waals surface area contributed by atoms with Crippen LogP contribution in [-0.2, 0) is 5.41 Å². The summed E-state index contributed by atoms with van der Waals surface area (Å²) in [5.74, 6) is 2.18. The molecule has 3 fully saturated rings. The predicted octanol–water partition coefficient (Wildman–Crippen LogP) is 5.43. The van der Waals surface area contributed by atoms with Gasteiger partial charge in [0.05, 0.1) is 23.5 Å². The van der Waals surface area contributed by atoms with Gasteiger partial charge in [-0.2, -0.15) is 10.5 Å². The first-order chi connectivity index (χ1) is 19.8. The third-order valence-electron chi connectivity index (χ3n) is 9.71. The maximum absolute atomic E-state index is 10.2. The Morgan fingerprint density at radius 3 is 2.41 bits per heavy atom. The van der Waals surface area contributed by atoms with Crippen molar-refractivity contribution >= 4 is 23.2 Å². The van der Waals surface area contributed by atoms with E-state index in [0.717, 1.165) is 68.8 Å². The van der Waals surface area contributed by atoms with Crippen molar-refractivity contribution < 1.29 is 0 Å². The van der Waals surface area contributed by atoms with E-state index in [9.17, 15) is 10.5 Å². The lowest BCUT2D eigenvalue weighted by molar-refractivity contribution is 0.135. The first-order valence-corrected chi connectivity index (χ1v) is 15.1. The molecule has 5 rings (SSSR count). The zero-order chi connectivity index (χ0) is 29.0. The van der Waals surface area contributed by atoms with Crippen LogP contribution in [0.2, 0.25) is 0 Å². The Labute approximate surface area is 244 Å². The Morgan fingerprint density at radius 2 is 1.78 bits per heavy atom. The zero-order valence-corrected chi connectivity index (χ0v) is 24.7. The van der Waals surface area contributed by atoms with Gasteiger partial charge in [0.15, 0.2) is 11.5 Å². The second kappa shape index (κ2) is 12.4. The second-order valence-electron chi connectivity index (χ2n) is 12.3. The van der Waals surface area contributed by atoms with Crippen LogP contribution in [0, 0.1) is 34.0 Å². The highest BCUT2D eigenvalue weighted by molar-refractivity contribution is 5.79. The maximum atomic E-state index is 10.2. The third kappa shape index (κ3) is 6.16. The molecule has 2 N–H and O–H groups in total. The fourth-order valence-corrected chi connectivity index (χ4v) is 6.95. The summed E-state index contributed by atoms with van der Waals surface area (Å²) in [6.07, 6.45) is 11.5. The number of likely N-dealkylation sites (tertiary alicyclic amines) is 1. The van der Waals surface area contributed by atoms with Gasteiger partial charge >= 0.3 is 0 Å². The van der Waals surface area contributed by atoms with Crippen molar-refractivity contribution in [1.82, 2.24) is 19.8 Å². The van der Waals surface area contributed by atoms with Crippen LogP contribution in [0.5, 0.6) is 0 Å². The summed E-state index contributed by atoms with van der Waals surface area (Å²) in [6.45, 7) is 5.04. The second-order valence-corrected chi connectivity index (χ2v) is 12.3. The Bertz CT molecular complexity index is 1290. The van der Waals surface area contributed by atoms with Gasteiger partial charge in [0.2, 0.25) is 0 Å². The van der Waals surface area contributed by atoms with E-state index >= 15 is 0 Å². The van der Waals surface area contributed by atoms with Crippen molar-refractivity contribution in [1.29, 1.82) is 15.9 Å². The van der Waals surface area contributed by atoms with Crippen molar-refractivity contribution in [3.8, 4) is 12.1 Å². The Kier molecular flexibility index (Phi) is 8.75. The molecule has 3 aliphatic rings. The van der Waals surface area contributed by atoms with Crippen LogP contribution in [0.25, 0.3) is 0 Å². The molecule has 0 bridgehead atoms. The number of hydrogen-bond donors (Lipinski definition) is 2. The number of anilines is 3. The fourth-order valence-electron chi connectivity index (χ4n) is 6.95. The van der Waals surface area contributed by atoms with E-state index in [1.807, 2.05) is 31.1 Å². The van der Waals surface area contributed by atoms with Crippen molar-refractivity contribution in [3.05, 3.63) is 41.7 Å². The standard InChI is InChI=1S/C32H43N9/c1-23-24(19-29(35)39(2)3)7-6-16-41(23)30-21-36-28(20-33)31(38-30)37-26-12-10-25(11-13-26)32(22-34)14-17-40(18-15-32)27-8-4-5-9-27/h10-13,21,23-24,27,35H,4-9,14-19H2,1-3H3,(H,37,38)/t23-,24+/m1/s1. The number of nitrogens with one attached hydrogen (secondary N) is 2. The average molecular weight is 554 g/mol. The van der Waals surface area contributed by atoms with Crippen LogP contribution in [0.15, 0.2) is 30.5 Å². The lowest BCUT2D eigenvalue weighted by Gasteiger charge is -2.40. The number of amidine groups is 1. The first kappa shape index (κ1) is 28.8. The van der Waals surface area contributed by atoms with E-state index in [-0.39, 0.29) is 11.7 Å². The topological polar surface area (TPSA) is 119 Å². The predicted molar refractivity (Wildman–Crippen MR) is 162 cm³/mol. The van der Waals surface area contributed by atoms with Crippen molar-refractivity contribution in [2.75, 3.05) is 43.9 Å². The Balaban J connectivity index is 1.29. The number of aromatic nitrogens is 2. The summed E-state index contributed by atoms with van der Waals surface area (Å²) < 4.78 is 0. The molecule has 9 nitrogen and oxygen atoms in total. The lowest BCUT2D eigenvalue weighted by atomic mass is 9.73. The average Bonchev–Trinajstić information content (AvgIpc) is 3.54. The molecule has 9 heteroatoms. The van der Waals surface area contributed by atoms with Crippen LogP contribution in [0.1, 0.15) is 76.0 Å². The first-order valence-electron chi connectivity index (χ1n) is 15.1. The summed E-state index contributed by atoms with van der Waals surface area (Å²) in [7, 11) is 3.84. The summed E-state index contributed by atoms with van der Waals surface area (Å²) in [4.78, 5) is 16.0. The van der Waals surface area contributed by atoms with Crippen LogP contribution >= 0.6 is 0 Å². The number of nitrogens with zero attached hydrogens (tertiary/aromatic N) is 7. The molecule has 2 atom stereocenters. The highest BCUT2D eigenvalue weighted by Crippen LogP contribution is 2.38. The number of rotatable bonds is 7. The largest absolute Gasteiger partial charge is 0.367 e. The molecule has 2 aromatic rings. The molecule has 216 valence electrons. The van der Waals surface area contributed by atoms with Gasteiger partial charge in [-0.05, 0) is 69.1 Å². The molecule has 41 heavy (non-hydrogen) atoms. The molecule has 0 unspecified atom stereocenters. The summed E-state index contributed by atoms with van der Waals surface area (Å²) in [5.41, 5.74) is 1.68. The van der Waals surface area contributed by atoms with Crippen LogP contribution < -0.4 is 10.2 Å². The van der Waals surface area contributed by atoms with E-state index < -0.39 is 5.41 Å². The summed E-state index contributed by atoms with van der Waals surface area (Å²) in [6, 6.07) is 13.8. The monoisotopic (exact) mass is 553 g/mol. The molecule has 1 aromatic heterocycles. The third-order valence-corrected chi connectivity index (χ3v) is 9.71. The minimum Gasteiger partial charge on any atom is -0.367 e. The van der Waals surface area contributed by atoms with Gasteiger partial charge in [-0.3, -0.25) is 5.41 Å². The molecular weight excluding hydrogens is 510 g/mol. The van der Waals surface area contributed by atoms with Gasteiger partial charge in [-0.1, -0.05) is 25.0 Å². The SMILES string of the molecule is C[C@@H]1[C@H](CC(=N)N(C)C)CCCN1c1cnc(C#N)c(Nc2ccc(C3(C#N)CCN(C4CCCC4)CC3)cc2)n1. The number of benzene rings is 1. The highest BCUT2D eigenvalue weighted by Gasteiger charge is 2.38. The highest BCUT2D eigenvalue weighted by atomic mass is 15.2. The van der Waals surface area contributed by atoms with Crippen molar-refractivity contribution in [3.63, 3.8) is 0 Å². The normalized spacial score (nSPS) is 23.0. The number of nitriles is 2. The summed E-state index contributed by atoms with van der Waals surface area (Å²) in [5, 5.41) is 31.6. The van der Waals surface area contributed by atoms with Crippen LogP contribution in [-0.4, -0.2) is 71.4 Å². The molecule has 1 aliphatic carbocycles. The van der Waals surface area contributed by atoms with Gasteiger partial charge in [0.1, 0.15) is 11.9 Å². The minimum absolute atomic E-state index is 0.209. The van der Waals surface area contributed by atoms with Gasteiger partial charge in [-0.25, -0.2) is 9.97 Å². The molecule has 2 saturated heterocycles. The summed E-state index contributed by atoms with van der Waals surface area (Å²) >= 11 is 0. The van der Waals surface area contributed by atoms with Gasteiger partial charge in [-0.15, -0.1) is 0 Å². The van der Waals surface area contributed by atoms with E-state index in [4.69, 9.17) is 10.4 Å². The minimum atomic E-state index is -0.449. The van der Waals surface area contributed by atoms with E-state index in [2.05, 4.69) is 51.3 Å². The van der Waals surface area contributed by atoms with E-state index in [1.54, 1.807) is 6.20 Å². The van der Waals surface area contributed by atoms with E-state index in [1.165, 1.54) is 25.7 Å². The van der Waals surface area contributed by atoms with Gasteiger partial charge < -0.3 is 20.0 Å². The zero-order valence-electron chi connectivity index (χ0n) is 24.7. The molecule has 0 amide bonds. The molecule has 3 heterocycles. The number of hydrogen-bond acceptors (Lipinski definition) is 8. The van der Waals surface area contributed by atoms with Crippen molar-refractivity contribution in [2.45, 2.75) is 82.2 Å². The number of piperidine rings is 2. The molecule has 0 spiro atoms. The Hall–Kier alpha value is -3.69. The van der Waals surface area contributed by atoms with E-state index in [0.29, 0.717) is 23.6 Å². The van der Waals surface area contributed by atoms with Gasteiger partial charge in [0.25, 0.3) is 0 Å². The molecule has 1 aromatic carbocycles. The smallest absolute Gasteiger partial charge is 0.183 e. The molecule has 2 aliphatic heterocycles. The lowest BCUT2D eigenvalue weighted by Crippen LogP contribution is -2.45. The van der Waals surface area contributed by atoms with Gasteiger partial charge in [0, 0.05) is 57.9 Å². The maximum Gasteiger partial charge on any atom is 0.183 e. The molecule has 1 saturated carbocycles. The quantitative estimate of drug-likeness (QED) is 0.344. The molecule has 0 radical (unpaired) electrons.